The van der Waals surface area contributed by atoms with Gasteiger partial charge in [-0.2, -0.15) is 0 Å². The second-order valence-corrected chi connectivity index (χ2v) is 8.10. The van der Waals surface area contributed by atoms with Gasteiger partial charge in [-0.25, -0.2) is 9.97 Å². The van der Waals surface area contributed by atoms with Crippen LogP contribution in [0.15, 0.2) is 12.1 Å². The van der Waals surface area contributed by atoms with Gasteiger partial charge in [-0.05, 0) is 33.8 Å². The molecule has 0 amide bonds. The number of Topliss-reactive ketones (excluding diaryl/α,β-unsaturated/α-hetero) is 1. The zero-order chi connectivity index (χ0) is 20.4. The van der Waals surface area contributed by atoms with Crippen LogP contribution >= 0.6 is 0 Å². The maximum atomic E-state index is 12.8. The molecule has 0 aliphatic carbocycles. The summed E-state index contributed by atoms with van der Waals surface area (Å²) < 4.78 is 2.20. The Morgan fingerprint density at radius 2 is 1.75 bits per heavy atom. The second kappa shape index (κ2) is 8.43. The average molecular weight is 384 g/mol. The third-order valence-electron chi connectivity index (χ3n) is 5.63. The Morgan fingerprint density at radius 1 is 1.07 bits per heavy atom. The van der Waals surface area contributed by atoms with Crippen LogP contribution < -0.4 is 4.90 Å². The molecule has 2 aromatic heterocycles. The Bertz CT molecular complexity index is 847. The molecule has 1 fully saturated rings. The monoisotopic (exact) mass is 383 g/mol. The number of hydrogen-bond donors (Lipinski definition) is 0. The zero-order valence-corrected chi connectivity index (χ0v) is 18.1. The van der Waals surface area contributed by atoms with Gasteiger partial charge in [-0.3, -0.25) is 9.69 Å². The topological polar surface area (TPSA) is 54.3 Å². The summed E-state index contributed by atoms with van der Waals surface area (Å²) in [6, 6.07) is 4.10. The number of aromatic nitrogens is 3. The first kappa shape index (κ1) is 20.5. The molecule has 0 spiro atoms. The number of piperazine rings is 1. The van der Waals surface area contributed by atoms with Crippen molar-refractivity contribution in [3.05, 3.63) is 40.6 Å². The van der Waals surface area contributed by atoms with E-state index in [4.69, 9.17) is 4.98 Å². The summed E-state index contributed by atoms with van der Waals surface area (Å²) >= 11 is 0. The Hall–Kier alpha value is -2.21. The summed E-state index contributed by atoms with van der Waals surface area (Å²) in [5.41, 5.74) is 4.13. The van der Waals surface area contributed by atoms with Crippen molar-refractivity contribution in [3.8, 4) is 0 Å². The van der Waals surface area contributed by atoms with Crippen molar-refractivity contribution >= 4 is 11.6 Å². The molecule has 1 aliphatic heterocycles. The molecule has 152 valence electrons. The van der Waals surface area contributed by atoms with Gasteiger partial charge < -0.3 is 9.47 Å². The van der Waals surface area contributed by atoms with Gasteiger partial charge >= 0.3 is 0 Å². The van der Waals surface area contributed by atoms with Crippen LogP contribution in [0.5, 0.6) is 0 Å². The summed E-state index contributed by atoms with van der Waals surface area (Å²) in [4.78, 5) is 26.7. The summed E-state index contributed by atoms with van der Waals surface area (Å²) in [6.07, 6.45) is 0. The highest BCUT2D eigenvalue weighted by atomic mass is 16.1. The van der Waals surface area contributed by atoms with E-state index < -0.39 is 0 Å². The number of aryl methyl sites for hydroxylation is 2. The molecular weight excluding hydrogens is 350 g/mol. The molecule has 0 N–H and O–H groups in total. The number of hydrogen-bond acceptors (Lipinski definition) is 5. The van der Waals surface area contributed by atoms with E-state index in [2.05, 4.69) is 53.1 Å². The van der Waals surface area contributed by atoms with Gasteiger partial charge in [-0.1, -0.05) is 13.8 Å². The van der Waals surface area contributed by atoms with Gasteiger partial charge in [0.15, 0.2) is 5.78 Å². The standard InChI is InChI=1S/C22H33N5O/c1-7-27-17(5)13-19(18(27)6)20(28)14-25-8-10-26(11-9-25)21-12-16(4)23-22(24-21)15(2)3/h12-13,15H,7-11,14H2,1-6H3. The summed E-state index contributed by atoms with van der Waals surface area (Å²) in [5.74, 6) is 2.45. The number of carbonyl (C=O) groups excluding carboxylic acids is 1. The van der Waals surface area contributed by atoms with Crippen LogP contribution in [0.25, 0.3) is 0 Å². The van der Waals surface area contributed by atoms with Crippen molar-refractivity contribution in [2.75, 3.05) is 37.6 Å². The zero-order valence-electron chi connectivity index (χ0n) is 18.1. The number of anilines is 1. The Balaban J connectivity index is 1.62. The predicted molar refractivity (Wildman–Crippen MR) is 113 cm³/mol. The molecule has 0 saturated carbocycles. The van der Waals surface area contributed by atoms with Gasteiger partial charge in [-0.15, -0.1) is 0 Å². The van der Waals surface area contributed by atoms with E-state index in [0.29, 0.717) is 12.5 Å². The molecule has 1 aliphatic rings. The lowest BCUT2D eigenvalue weighted by Crippen LogP contribution is -2.48. The lowest BCUT2D eigenvalue weighted by atomic mass is 10.1. The van der Waals surface area contributed by atoms with E-state index in [9.17, 15) is 4.79 Å². The number of ketones is 1. The average Bonchev–Trinajstić information content (AvgIpc) is 2.95. The molecule has 6 heteroatoms. The van der Waals surface area contributed by atoms with E-state index in [-0.39, 0.29) is 5.78 Å². The molecule has 0 radical (unpaired) electrons. The third-order valence-corrected chi connectivity index (χ3v) is 5.63. The van der Waals surface area contributed by atoms with E-state index in [1.165, 1.54) is 0 Å². The minimum atomic E-state index is 0.223. The summed E-state index contributed by atoms with van der Waals surface area (Å²) in [5, 5.41) is 0. The molecule has 6 nitrogen and oxygen atoms in total. The third kappa shape index (κ3) is 4.27. The first-order valence-corrected chi connectivity index (χ1v) is 10.3. The molecule has 0 aromatic carbocycles. The minimum absolute atomic E-state index is 0.223. The molecule has 0 atom stereocenters. The van der Waals surface area contributed by atoms with Crippen molar-refractivity contribution in [2.24, 2.45) is 0 Å². The number of rotatable bonds is 6. The Morgan fingerprint density at radius 3 is 2.32 bits per heavy atom. The maximum absolute atomic E-state index is 12.8. The molecule has 28 heavy (non-hydrogen) atoms. The van der Waals surface area contributed by atoms with Crippen molar-refractivity contribution in [1.29, 1.82) is 0 Å². The number of carbonyl (C=O) groups is 1. The molecule has 2 aromatic rings. The van der Waals surface area contributed by atoms with Crippen LogP contribution in [0.1, 0.15) is 60.0 Å². The van der Waals surface area contributed by atoms with Crippen LogP contribution in [-0.2, 0) is 6.54 Å². The van der Waals surface area contributed by atoms with Gasteiger partial charge in [0.25, 0.3) is 0 Å². The Kier molecular flexibility index (Phi) is 6.18. The van der Waals surface area contributed by atoms with Crippen molar-refractivity contribution in [1.82, 2.24) is 19.4 Å². The second-order valence-electron chi connectivity index (χ2n) is 8.10. The number of nitrogens with zero attached hydrogens (tertiary/aromatic N) is 5. The fourth-order valence-corrected chi connectivity index (χ4v) is 3.99. The highest BCUT2D eigenvalue weighted by Gasteiger charge is 2.23. The van der Waals surface area contributed by atoms with Crippen LogP contribution in [0.4, 0.5) is 5.82 Å². The molecular formula is C22H33N5O. The highest BCUT2D eigenvalue weighted by Crippen LogP contribution is 2.20. The molecule has 1 saturated heterocycles. The fraction of sp³-hybridized carbons (Fsp3) is 0.591. The summed E-state index contributed by atoms with van der Waals surface area (Å²) in [6.45, 7) is 17.4. The normalized spacial score (nSPS) is 15.5. The highest BCUT2D eigenvalue weighted by molar-refractivity contribution is 5.99. The lowest BCUT2D eigenvalue weighted by molar-refractivity contribution is 0.0925. The molecule has 0 bridgehead atoms. The van der Waals surface area contributed by atoms with Crippen molar-refractivity contribution in [2.45, 2.75) is 54.0 Å². The largest absolute Gasteiger partial charge is 0.354 e. The maximum Gasteiger partial charge on any atom is 0.178 e. The van der Waals surface area contributed by atoms with Gasteiger partial charge in [0.2, 0.25) is 0 Å². The van der Waals surface area contributed by atoms with Gasteiger partial charge in [0, 0.05) is 67.4 Å². The van der Waals surface area contributed by atoms with E-state index in [1.807, 2.05) is 19.9 Å². The summed E-state index contributed by atoms with van der Waals surface area (Å²) in [7, 11) is 0. The lowest BCUT2D eigenvalue weighted by Gasteiger charge is -2.35. The van der Waals surface area contributed by atoms with Crippen molar-refractivity contribution in [3.63, 3.8) is 0 Å². The fourth-order valence-electron chi connectivity index (χ4n) is 3.99. The van der Waals surface area contributed by atoms with Crippen LogP contribution in [0, 0.1) is 20.8 Å². The van der Waals surface area contributed by atoms with E-state index in [0.717, 1.165) is 67.0 Å². The van der Waals surface area contributed by atoms with Crippen LogP contribution in [0.2, 0.25) is 0 Å². The van der Waals surface area contributed by atoms with Gasteiger partial charge in [0.1, 0.15) is 11.6 Å². The van der Waals surface area contributed by atoms with E-state index >= 15 is 0 Å². The Labute approximate surface area is 168 Å². The smallest absolute Gasteiger partial charge is 0.178 e. The molecule has 3 rings (SSSR count). The van der Waals surface area contributed by atoms with Crippen LogP contribution in [-0.4, -0.2) is 57.9 Å². The van der Waals surface area contributed by atoms with Crippen LogP contribution in [0.3, 0.4) is 0 Å². The predicted octanol–water partition coefficient (Wildman–Crippen LogP) is 3.35. The quantitative estimate of drug-likeness (QED) is 0.716. The van der Waals surface area contributed by atoms with Crippen molar-refractivity contribution < 1.29 is 4.79 Å². The molecule has 3 heterocycles. The first-order chi connectivity index (χ1) is 13.3. The van der Waals surface area contributed by atoms with E-state index in [1.54, 1.807) is 0 Å². The molecule has 0 unspecified atom stereocenters. The van der Waals surface area contributed by atoms with Gasteiger partial charge in [0.05, 0.1) is 6.54 Å². The SMILES string of the molecule is CCn1c(C)cc(C(=O)CN2CCN(c3cc(C)nc(C(C)C)n3)CC2)c1C. The minimum Gasteiger partial charge on any atom is -0.354 e. The first-order valence-electron chi connectivity index (χ1n) is 10.3.